The SMILES string of the molecule is COc1[c]c(OC)cc(-c2ccccc2F)c1. The van der Waals surface area contributed by atoms with Gasteiger partial charge in [0.25, 0.3) is 0 Å². The van der Waals surface area contributed by atoms with E-state index < -0.39 is 0 Å². The molecular weight excluding hydrogens is 219 g/mol. The highest BCUT2D eigenvalue weighted by molar-refractivity contribution is 5.67. The second-order valence-electron chi connectivity index (χ2n) is 3.49. The van der Waals surface area contributed by atoms with Crippen molar-refractivity contribution < 1.29 is 13.9 Å². The van der Waals surface area contributed by atoms with Gasteiger partial charge in [0.1, 0.15) is 17.3 Å². The number of hydrogen-bond acceptors (Lipinski definition) is 2. The minimum Gasteiger partial charge on any atom is -0.496 e. The lowest BCUT2D eigenvalue weighted by molar-refractivity contribution is 0.393. The summed E-state index contributed by atoms with van der Waals surface area (Å²) >= 11 is 0. The third-order valence-electron chi connectivity index (χ3n) is 2.44. The molecule has 0 spiro atoms. The van der Waals surface area contributed by atoms with Gasteiger partial charge in [-0.25, -0.2) is 4.39 Å². The van der Waals surface area contributed by atoms with Crippen molar-refractivity contribution in [1.29, 1.82) is 0 Å². The highest BCUT2D eigenvalue weighted by Gasteiger charge is 2.08. The van der Waals surface area contributed by atoms with Crippen molar-refractivity contribution in [3.8, 4) is 22.6 Å². The summed E-state index contributed by atoms with van der Waals surface area (Å²) in [5.41, 5.74) is 1.22. The largest absolute Gasteiger partial charge is 0.496 e. The average molecular weight is 231 g/mol. The predicted molar refractivity (Wildman–Crippen MR) is 63.8 cm³/mol. The van der Waals surface area contributed by atoms with E-state index in [-0.39, 0.29) is 5.82 Å². The first-order chi connectivity index (χ1) is 8.24. The smallest absolute Gasteiger partial charge is 0.131 e. The number of rotatable bonds is 3. The Morgan fingerprint density at radius 1 is 1.00 bits per heavy atom. The molecule has 2 aromatic carbocycles. The fourth-order valence-electron chi connectivity index (χ4n) is 1.59. The lowest BCUT2D eigenvalue weighted by Gasteiger charge is -2.08. The minimum absolute atomic E-state index is 0.275. The maximum absolute atomic E-state index is 13.7. The van der Waals surface area contributed by atoms with Crippen molar-refractivity contribution in [2.45, 2.75) is 0 Å². The number of ether oxygens (including phenoxy) is 2. The maximum Gasteiger partial charge on any atom is 0.131 e. The van der Waals surface area contributed by atoms with Crippen LogP contribution in [0.25, 0.3) is 11.1 Å². The van der Waals surface area contributed by atoms with Gasteiger partial charge in [-0.05, 0) is 23.8 Å². The standard InChI is InChI=1S/C14H12FO2/c1-16-11-7-10(8-12(9-11)17-2)13-5-3-4-6-14(13)15/h3-8H,1-2H3. The van der Waals surface area contributed by atoms with Gasteiger partial charge in [-0.1, -0.05) is 18.2 Å². The topological polar surface area (TPSA) is 18.5 Å². The van der Waals surface area contributed by atoms with Gasteiger partial charge < -0.3 is 9.47 Å². The van der Waals surface area contributed by atoms with Gasteiger partial charge in [0, 0.05) is 5.56 Å². The van der Waals surface area contributed by atoms with Crippen LogP contribution in [0.3, 0.4) is 0 Å². The molecule has 2 aromatic rings. The molecule has 0 fully saturated rings. The Morgan fingerprint density at radius 3 is 2.12 bits per heavy atom. The van der Waals surface area contributed by atoms with Crippen molar-refractivity contribution in [3.05, 3.63) is 48.3 Å². The summed E-state index contributed by atoms with van der Waals surface area (Å²) in [6.45, 7) is 0. The second-order valence-corrected chi connectivity index (χ2v) is 3.49. The van der Waals surface area contributed by atoms with Crippen LogP contribution < -0.4 is 9.47 Å². The first-order valence-corrected chi connectivity index (χ1v) is 5.15. The molecule has 0 aliphatic heterocycles. The molecule has 0 saturated heterocycles. The van der Waals surface area contributed by atoms with Crippen molar-refractivity contribution >= 4 is 0 Å². The molecule has 87 valence electrons. The maximum atomic E-state index is 13.7. The van der Waals surface area contributed by atoms with E-state index in [4.69, 9.17) is 9.47 Å². The molecule has 0 saturated carbocycles. The Bertz CT molecular complexity index is 501. The second kappa shape index (κ2) is 4.87. The molecule has 0 atom stereocenters. The number of hydrogen-bond donors (Lipinski definition) is 0. The van der Waals surface area contributed by atoms with Crippen LogP contribution in [0.1, 0.15) is 0 Å². The van der Waals surface area contributed by atoms with E-state index in [0.717, 1.165) is 0 Å². The molecule has 0 aliphatic carbocycles. The summed E-state index contributed by atoms with van der Waals surface area (Å²) < 4.78 is 23.9. The van der Waals surface area contributed by atoms with Crippen LogP contribution in [0.2, 0.25) is 0 Å². The van der Waals surface area contributed by atoms with Gasteiger partial charge in [0.2, 0.25) is 0 Å². The van der Waals surface area contributed by atoms with Crippen molar-refractivity contribution in [3.63, 3.8) is 0 Å². The lowest BCUT2D eigenvalue weighted by Crippen LogP contribution is -1.90. The summed E-state index contributed by atoms with van der Waals surface area (Å²) in [6.07, 6.45) is 0. The van der Waals surface area contributed by atoms with Crippen molar-refractivity contribution in [1.82, 2.24) is 0 Å². The zero-order valence-corrected chi connectivity index (χ0v) is 9.66. The quantitative estimate of drug-likeness (QED) is 0.806. The highest BCUT2D eigenvalue weighted by Crippen LogP contribution is 2.30. The van der Waals surface area contributed by atoms with E-state index in [1.807, 2.05) is 0 Å². The van der Waals surface area contributed by atoms with E-state index in [1.165, 1.54) is 20.3 Å². The van der Waals surface area contributed by atoms with Crippen LogP contribution in [0.5, 0.6) is 11.5 Å². The molecular formula is C14H12FO2. The Balaban J connectivity index is 2.55. The van der Waals surface area contributed by atoms with E-state index in [1.54, 1.807) is 30.3 Å². The van der Waals surface area contributed by atoms with Crippen LogP contribution in [0.4, 0.5) is 4.39 Å². The first kappa shape index (κ1) is 11.5. The predicted octanol–water partition coefficient (Wildman–Crippen LogP) is 3.31. The van der Waals surface area contributed by atoms with Gasteiger partial charge in [-0.15, -0.1) is 0 Å². The van der Waals surface area contributed by atoms with Gasteiger partial charge in [0.05, 0.1) is 20.3 Å². The first-order valence-electron chi connectivity index (χ1n) is 5.15. The zero-order valence-electron chi connectivity index (χ0n) is 9.66. The van der Waals surface area contributed by atoms with Crippen LogP contribution in [-0.2, 0) is 0 Å². The summed E-state index contributed by atoms with van der Waals surface area (Å²) in [5, 5.41) is 0. The zero-order chi connectivity index (χ0) is 12.3. The molecule has 1 radical (unpaired) electrons. The molecule has 0 aromatic heterocycles. The molecule has 2 rings (SSSR count). The Hall–Kier alpha value is -2.03. The van der Waals surface area contributed by atoms with E-state index in [0.29, 0.717) is 22.6 Å². The Kier molecular flexibility index (Phi) is 3.28. The van der Waals surface area contributed by atoms with Gasteiger partial charge in [-0.3, -0.25) is 0 Å². The van der Waals surface area contributed by atoms with Crippen LogP contribution in [0, 0.1) is 11.9 Å². The molecule has 0 aliphatic rings. The lowest BCUT2D eigenvalue weighted by atomic mass is 10.0. The summed E-state index contributed by atoms with van der Waals surface area (Å²) in [6, 6.07) is 12.9. The fraction of sp³-hybridized carbons (Fsp3) is 0.143. The third-order valence-corrected chi connectivity index (χ3v) is 2.44. The molecule has 0 amide bonds. The van der Waals surface area contributed by atoms with Crippen LogP contribution in [0.15, 0.2) is 36.4 Å². The van der Waals surface area contributed by atoms with E-state index in [2.05, 4.69) is 6.07 Å². The molecule has 17 heavy (non-hydrogen) atoms. The number of methoxy groups -OCH3 is 2. The normalized spacial score (nSPS) is 10.1. The molecule has 0 bridgehead atoms. The third kappa shape index (κ3) is 2.38. The summed E-state index contributed by atoms with van der Waals surface area (Å²) in [5.74, 6) is 0.757. The monoisotopic (exact) mass is 231 g/mol. The number of benzene rings is 2. The van der Waals surface area contributed by atoms with E-state index in [9.17, 15) is 4.39 Å². The molecule has 0 heterocycles. The summed E-state index contributed by atoms with van der Waals surface area (Å²) in [7, 11) is 3.08. The van der Waals surface area contributed by atoms with Crippen molar-refractivity contribution in [2.75, 3.05) is 14.2 Å². The molecule has 0 unspecified atom stereocenters. The summed E-state index contributed by atoms with van der Waals surface area (Å²) in [4.78, 5) is 0. The van der Waals surface area contributed by atoms with Crippen molar-refractivity contribution in [2.24, 2.45) is 0 Å². The molecule has 2 nitrogen and oxygen atoms in total. The molecule has 0 N–H and O–H groups in total. The van der Waals surface area contributed by atoms with Crippen LogP contribution >= 0.6 is 0 Å². The minimum atomic E-state index is -0.275. The van der Waals surface area contributed by atoms with Crippen LogP contribution in [-0.4, -0.2) is 14.2 Å². The fourth-order valence-corrected chi connectivity index (χ4v) is 1.59. The van der Waals surface area contributed by atoms with Gasteiger partial charge >= 0.3 is 0 Å². The average Bonchev–Trinajstić information content (AvgIpc) is 2.38. The Labute approximate surface area is 99.6 Å². The van der Waals surface area contributed by atoms with Gasteiger partial charge in [-0.2, -0.15) is 0 Å². The number of halogens is 1. The van der Waals surface area contributed by atoms with Gasteiger partial charge in [0.15, 0.2) is 0 Å². The molecule has 3 heteroatoms. The highest BCUT2D eigenvalue weighted by atomic mass is 19.1. The Morgan fingerprint density at radius 2 is 1.59 bits per heavy atom. The van der Waals surface area contributed by atoms with E-state index >= 15 is 0 Å².